The molecule has 13 nitrogen and oxygen atoms in total. The third kappa shape index (κ3) is 3.57. The minimum Gasteiger partial charge on any atom is -0.506 e. The van der Waals surface area contributed by atoms with Gasteiger partial charge in [-0.2, -0.15) is 0 Å². The zero-order valence-corrected chi connectivity index (χ0v) is 15.3. The first-order valence-corrected chi connectivity index (χ1v) is 8.58. The zero-order valence-electron chi connectivity index (χ0n) is 15.3. The number of non-ortho nitro benzene ring substituents is 1. The predicted octanol–water partition coefficient (Wildman–Crippen LogP) is 3.94. The van der Waals surface area contributed by atoms with E-state index in [1.54, 1.807) is 18.2 Å². The number of anilines is 4. The Hall–Kier alpha value is -4.94. The van der Waals surface area contributed by atoms with Crippen LogP contribution in [0.4, 0.5) is 34.1 Å². The van der Waals surface area contributed by atoms with Gasteiger partial charge in [0.25, 0.3) is 5.69 Å². The van der Waals surface area contributed by atoms with Gasteiger partial charge in [0.1, 0.15) is 17.2 Å². The molecule has 0 radical (unpaired) electrons. The number of aromatic hydroxyl groups is 2. The molecule has 0 unspecified atom stereocenters. The van der Waals surface area contributed by atoms with Gasteiger partial charge in [-0.25, -0.2) is 4.63 Å². The number of hydrogen-bond acceptors (Lipinski definition) is 11. The largest absolute Gasteiger partial charge is 0.506 e. The molecule has 0 saturated heterocycles. The summed E-state index contributed by atoms with van der Waals surface area (Å²) in [4.78, 5) is 21.4. The Morgan fingerprint density at radius 3 is 2.16 bits per heavy atom. The molecule has 13 heteroatoms. The number of nitro groups is 2. The molecule has 1 heterocycles. The number of para-hydroxylation sites is 2. The van der Waals surface area contributed by atoms with Gasteiger partial charge < -0.3 is 20.8 Å². The highest BCUT2D eigenvalue weighted by Crippen LogP contribution is 2.41. The molecule has 156 valence electrons. The number of rotatable bonds is 6. The minimum atomic E-state index is -0.729. The summed E-state index contributed by atoms with van der Waals surface area (Å²) in [6.07, 6.45) is 0. The van der Waals surface area contributed by atoms with Crippen molar-refractivity contribution in [2.24, 2.45) is 0 Å². The number of phenols is 2. The second-order valence-electron chi connectivity index (χ2n) is 6.26. The molecule has 0 atom stereocenters. The van der Waals surface area contributed by atoms with E-state index in [1.807, 2.05) is 0 Å². The summed E-state index contributed by atoms with van der Waals surface area (Å²) in [7, 11) is 0. The molecule has 0 bridgehead atoms. The standard InChI is InChI=1S/C18H12N6O7/c25-14-4-2-1-3-10(14)19-12-8-13(18(24(29)30)17-16(12)21-31-22-17)20-11-7-9(23(27)28)5-6-15(11)26/h1-8,19-20,25-26H. The molecule has 0 aliphatic rings. The number of nitrogens with one attached hydrogen (secondary N) is 2. The summed E-state index contributed by atoms with van der Waals surface area (Å²) in [5.41, 5.74) is -0.865. The van der Waals surface area contributed by atoms with Gasteiger partial charge in [0, 0.05) is 12.1 Å². The fourth-order valence-electron chi connectivity index (χ4n) is 2.91. The lowest BCUT2D eigenvalue weighted by molar-refractivity contribution is -0.384. The maximum absolute atomic E-state index is 11.7. The van der Waals surface area contributed by atoms with Crippen LogP contribution in [0.15, 0.2) is 53.2 Å². The molecule has 0 fully saturated rings. The van der Waals surface area contributed by atoms with E-state index in [-0.39, 0.29) is 51.0 Å². The lowest BCUT2D eigenvalue weighted by Crippen LogP contribution is -2.02. The molecule has 3 aromatic carbocycles. The Labute approximate surface area is 171 Å². The Morgan fingerprint density at radius 1 is 0.774 bits per heavy atom. The monoisotopic (exact) mass is 424 g/mol. The van der Waals surface area contributed by atoms with Gasteiger partial charge in [-0.1, -0.05) is 12.1 Å². The lowest BCUT2D eigenvalue weighted by Gasteiger charge is -2.13. The van der Waals surface area contributed by atoms with E-state index < -0.39 is 15.5 Å². The van der Waals surface area contributed by atoms with Crippen molar-refractivity contribution in [3.8, 4) is 11.5 Å². The molecule has 1 aromatic heterocycles. The van der Waals surface area contributed by atoms with Crippen LogP contribution in [0, 0.1) is 20.2 Å². The molecule has 0 spiro atoms. The van der Waals surface area contributed by atoms with Crippen LogP contribution >= 0.6 is 0 Å². The average Bonchev–Trinajstić information content (AvgIpc) is 3.20. The van der Waals surface area contributed by atoms with E-state index in [2.05, 4.69) is 25.6 Å². The van der Waals surface area contributed by atoms with Crippen molar-refractivity contribution in [3.63, 3.8) is 0 Å². The predicted molar refractivity (Wildman–Crippen MR) is 108 cm³/mol. The number of fused-ring (bicyclic) bond motifs is 1. The van der Waals surface area contributed by atoms with E-state index in [4.69, 9.17) is 0 Å². The van der Waals surface area contributed by atoms with Gasteiger partial charge in [-0.05, 0) is 34.6 Å². The summed E-state index contributed by atoms with van der Waals surface area (Å²) >= 11 is 0. The molecule has 4 N–H and O–H groups in total. The Kier molecular flexibility index (Phi) is 4.67. The van der Waals surface area contributed by atoms with Crippen molar-refractivity contribution in [3.05, 3.63) is 68.8 Å². The smallest absolute Gasteiger partial charge is 0.324 e. The third-order valence-corrected chi connectivity index (χ3v) is 4.33. The highest BCUT2D eigenvalue weighted by Gasteiger charge is 2.27. The number of phenolic OH excluding ortho intramolecular Hbond substituents is 2. The fraction of sp³-hybridized carbons (Fsp3) is 0. The van der Waals surface area contributed by atoms with Crippen molar-refractivity contribution >= 4 is 45.2 Å². The zero-order chi connectivity index (χ0) is 22.1. The summed E-state index contributed by atoms with van der Waals surface area (Å²) in [6.45, 7) is 0. The molecular weight excluding hydrogens is 412 g/mol. The Morgan fingerprint density at radius 2 is 1.45 bits per heavy atom. The fourth-order valence-corrected chi connectivity index (χ4v) is 2.91. The van der Waals surface area contributed by atoms with Gasteiger partial charge in [-0.15, -0.1) is 0 Å². The molecule has 4 aromatic rings. The van der Waals surface area contributed by atoms with Crippen LogP contribution in [0.1, 0.15) is 0 Å². The number of aromatic nitrogens is 2. The van der Waals surface area contributed by atoms with Crippen LogP contribution in [0.25, 0.3) is 11.0 Å². The normalized spacial score (nSPS) is 10.7. The van der Waals surface area contributed by atoms with Crippen molar-refractivity contribution in [1.29, 1.82) is 0 Å². The molecule has 0 aliphatic heterocycles. The maximum atomic E-state index is 11.7. The third-order valence-electron chi connectivity index (χ3n) is 4.33. The Balaban J connectivity index is 1.87. The van der Waals surface area contributed by atoms with Gasteiger partial charge in [0.2, 0.25) is 5.52 Å². The average molecular weight is 424 g/mol. The van der Waals surface area contributed by atoms with Crippen molar-refractivity contribution in [1.82, 2.24) is 10.3 Å². The van der Waals surface area contributed by atoms with Crippen molar-refractivity contribution in [2.45, 2.75) is 0 Å². The molecule has 4 rings (SSSR count). The first-order chi connectivity index (χ1) is 14.8. The molecule has 0 aliphatic carbocycles. The summed E-state index contributed by atoms with van der Waals surface area (Å²) in [5, 5.41) is 55.7. The van der Waals surface area contributed by atoms with Crippen molar-refractivity contribution < 1.29 is 24.7 Å². The van der Waals surface area contributed by atoms with Gasteiger partial charge in [0.05, 0.1) is 26.9 Å². The topological polar surface area (TPSA) is 190 Å². The molecule has 31 heavy (non-hydrogen) atoms. The Bertz CT molecular complexity index is 1340. The molecule has 0 saturated carbocycles. The second kappa shape index (κ2) is 7.47. The number of benzene rings is 3. The van der Waals surface area contributed by atoms with Crippen LogP contribution in [0.5, 0.6) is 11.5 Å². The van der Waals surface area contributed by atoms with E-state index in [0.717, 1.165) is 18.2 Å². The van der Waals surface area contributed by atoms with Crippen LogP contribution in [-0.2, 0) is 0 Å². The number of nitrogens with zero attached hydrogens (tertiary/aromatic N) is 4. The first kappa shape index (κ1) is 19.4. The SMILES string of the molecule is O=[N+]([O-])c1ccc(O)c(Nc2cc(Nc3ccccc3O)c3nonc3c2[N+](=O)[O-])c1. The number of nitro benzene ring substituents is 2. The van der Waals surface area contributed by atoms with Gasteiger partial charge in [0.15, 0.2) is 5.52 Å². The van der Waals surface area contributed by atoms with Crippen LogP contribution in [0.3, 0.4) is 0 Å². The number of hydrogen-bond donors (Lipinski definition) is 4. The van der Waals surface area contributed by atoms with Gasteiger partial charge in [-0.3, -0.25) is 20.2 Å². The second-order valence-corrected chi connectivity index (χ2v) is 6.26. The van der Waals surface area contributed by atoms with Gasteiger partial charge >= 0.3 is 5.69 Å². The van der Waals surface area contributed by atoms with Crippen molar-refractivity contribution in [2.75, 3.05) is 10.6 Å². The highest BCUT2D eigenvalue weighted by molar-refractivity contribution is 6.01. The van der Waals surface area contributed by atoms with Crippen LogP contribution < -0.4 is 10.6 Å². The van der Waals surface area contributed by atoms with E-state index in [9.17, 15) is 30.4 Å². The van der Waals surface area contributed by atoms with E-state index >= 15 is 0 Å². The summed E-state index contributed by atoms with van der Waals surface area (Å²) in [6, 6.07) is 10.8. The lowest BCUT2D eigenvalue weighted by atomic mass is 10.1. The first-order valence-electron chi connectivity index (χ1n) is 8.58. The summed E-state index contributed by atoms with van der Waals surface area (Å²) < 4.78 is 4.67. The quantitative estimate of drug-likeness (QED) is 0.199. The maximum Gasteiger partial charge on any atom is 0.324 e. The minimum absolute atomic E-state index is 0.0174. The summed E-state index contributed by atoms with van der Waals surface area (Å²) in [5.74, 6) is -0.454. The molecule has 0 amide bonds. The van der Waals surface area contributed by atoms with E-state index in [0.29, 0.717) is 0 Å². The molecular formula is C18H12N6O7. The van der Waals surface area contributed by atoms with Crippen LogP contribution in [0.2, 0.25) is 0 Å². The van der Waals surface area contributed by atoms with Crippen LogP contribution in [-0.4, -0.2) is 30.4 Å². The highest BCUT2D eigenvalue weighted by atomic mass is 16.6. The van der Waals surface area contributed by atoms with E-state index in [1.165, 1.54) is 12.1 Å².